The van der Waals surface area contributed by atoms with E-state index < -0.39 is 0 Å². The Morgan fingerprint density at radius 2 is 1.53 bits per heavy atom. The van der Waals surface area contributed by atoms with Crippen molar-refractivity contribution in [2.75, 3.05) is 26.3 Å². The third kappa shape index (κ3) is 4.32. The molecule has 0 radical (unpaired) electrons. The fourth-order valence-electron chi connectivity index (χ4n) is 4.28. The lowest BCUT2D eigenvalue weighted by molar-refractivity contribution is 0.0239. The van der Waals surface area contributed by atoms with Crippen LogP contribution in [-0.2, 0) is 4.74 Å². The van der Waals surface area contributed by atoms with Crippen molar-refractivity contribution in [3.63, 3.8) is 0 Å². The van der Waals surface area contributed by atoms with E-state index in [9.17, 15) is 4.39 Å². The molecule has 0 bridgehead atoms. The Labute approximate surface area is 191 Å². The number of nitrogens with zero attached hydrogens (tertiary/aromatic N) is 2. The largest absolute Gasteiger partial charge is 0.379 e. The molecule has 0 aliphatic carbocycles. The summed E-state index contributed by atoms with van der Waals surface area (Å²) < 4.78 is 20.4. The monoisotopic (exact) mass is 447 g/mol. The second kappa shape index (κ2) is 9.25. The first kappa shape index (κ1) is 20.9. The van der Waals surface area contributed by atoms with Crippen molar-refractivity contribution < 1.29 is 9.13 Å². The normalized spacial score (nSPS) is 15.6. The molecule has 0 amide bonds. The maximum atomic E-state index is 14.9. The minimum absolute atomic E-state index is 0.00894. The summed E-state index contributed by atoms with van der Waals surface area (Å²) in [7, 11) is 0. The topological polar surface area (TPSA) is 41.2 Å². The molecule has 1 saturated heterocycles. The van der Waals surface area contributed by atoms with Gasteiger partial charge in [-0.15, -0.1) is 0 Å². The van der Waals surface area contributed by atoms with Gasteiger partial charge in [-0.25, -0.2) is 4.39 Å². The molecule has 1 unspecified atom stereocenters. The first-order valence-corrected chi connectivity index (χ1v) is 11.0. The second-order valence-corrected chi connectivity index (χ2v) is 8.34. The van der Waals surface area contributed by atoms with Crippen molar-refractivity contribution in [1.82, 2.24) is 15.1 Å². The summed E-state index contributed by atoms with van der Waals surface area (Å²) in [6.45, 7) is 3.01. The van der Waals surface area contributed by atoms with Gasteiger partial charge >= 0.3 is 0 Å². The molecule has 1 N–H and O–H groups in total. The summed E-state index contributed by atoms with van der Waals surface area (Å²) in [4.78, 5) is 2.36. The smallest absolute Gasteiger partial charge is 0.131 e. The fourth-order valence-corrected chi connectivity index (χ4v) is 4.40. The van der Waals surface area contributed by atoms with E-state index >= 15 is 0 Å². The van der Waals surface area contributed by atoms with Crippen LogP contribution in [0.5, 0.6) is 0 Å². The summed E-state index contributed by atoms with van der Waals surface area (Å²) in [6.07, 6.45) is 3.74. The van der Waals surface area contributed by atoms with E-state index in [0.717, 1.165) is 40.9 Å². The zero-order valence-electron chi connectivity index (χ0n) is 17.5. The number of morpholine rings is 1. The Kier molecular flexibility index (Phi) is 6.04. The highest BCUT2D eigenvalue weighted by molar-refractivity contribution is 6.30. The van der Waals surface area contributed by atoms with Crippen LogP contribution >= 0.6 is 11.6 Å². The van der Waals surface area contributed by atoms with Gasteiger partial charge in [0.25, 0.3) is 0 Å². The molecule has 32 heavy (non-hydrogen) atoms. The Bertz CT molecular complexity index is 1170. The number of hydrogen-bond donors (Lipinski definition) is 1. The van der Waals surface area contributed by atoms with Gasteiger partial charge in [-0.3, -0.25) is 10.00 Å². The molecule has 1 aliphatic rings. The third-order valence-electron chi connectivity index (χ3n) is 5.93. The molecular weight excluding hydrogens is 425 g/mol. The third-order valence-corrected chi connectivity index (χ3v) is 6.18. The molecule has 1 atom stereocenters. The van der Waals surface area contributed by atoms with Crippen LogP contribution in [0.1, 0.15) is 17.2 Å². The van der Waals surface area contributed by atoms with Gasteiger partial charge in [-0.1, -0.05) is 54.1 Å². The fraction of sp³-hybridized carbons (Fsp3) is 0.192. The second-order valence-electron chi connectivity index (χ2n) is 7.91. The number of rotatable bonds is 5. The quantitative estimate of drug-likeness (QED) is 0.410. The van der Waals surface area contributed by atoms with Gasteiger partial charge in [0.1, 0.15) is 5.82 Å². The maximum absolute atomic E-state index is 14.9. The summed E-state index contributed by atoms with van der Waals surface area (Å²) >= 11 is 6.00. The molecule has 0 spiro atoms. The predicted molar refractivity (Wildman–Crippen MR) is 125 cm³/mol. The molecule has 2 heterocycles. The SMILES string of the molecule is Fc1ccc(C(c2cn[nH]c2)N2CCOCC2)cc1-c1ccc(-c2ccc(Cl)cc2)cc1. The number of ether oxygens (including phenoxy) is 1. The van der Waals surface area contributed by atoms with Gasteiger partial charge in [-0.05, 0) is 46.5 Å². The lowest BCUT2D eigenvalue weighted by Gasteiger charge is -2.34. The Morgan fingerprint density at radius 3 is 2.19 bits per heavy atom. The summed E-state index contributed by atoms with van der Waals surface area (Å²) in [5, 5.41) is 7.76. The van der Waals surface area contributed by atoms with Crippen LogP contribution < -0.4 is 0 Å². The Morgan fingerprint density at radius 1 is 0.875 bits per heavy atom. The number of aromatic nitrogens is 2. The molecule has 162 valence electrons. The predicted octanol–water partition coefficient (Wildman–Crippen LogP) is 5.96. The van der Waals surface area contributed by atoms with Gasteiger partial charge in [0.05, 0.1) is 25.5 Å². The first-order chi connectivity index (χ1) is 15.7. The molecule has 5 rings (SSSR count). The lowest BCUT2D eigenvalue weighted by Crippen LogP contribution is -2.39. The Hall–Kier alpha value is -2.99. The van der Waals surface area contributed by atoms with E-state index in [1.165, 1.54) is 0 Å². The number of H-pyrrole nitrogens is 1. The lowest BCUT2D eigenvalue weighted by atomic mass is 9.94. The minimum atomic E-state index is -0.235. The highest BCUT2D eigenvalue weighted by atomic mass is 35.5. The summed E-state index contributed by atoms with van der Waals surface area (Å²) in [6, 6.07) is 21.0. The van der Waals surface area contributed by atoms with Crippen LogP contribution in [0, 0.1) is 5.82 Å². The van der Waals surface area contributed by atoms with Crippen LogP contribution in [-0.4, -0.2) is 41.4 Å². The van der Waals surface area contributed by atoms with E-state index in [1.54, 1.807) is 6.07 Å². The molecule has 3 aromatic carbocycles. The van der Waals surface area contributed by atoms with Crippen LogP contribution in [0.3, 0.4) is 0 Å². The van der Waals surface area contributed by atoms with Crippen LogP contribution in [0.15, 0.2) is 79.1 Å². The molecule has 1 aromatic heterocycles. The molecule has 4 aromatic rings. The molecular formula is C26H23ClFN3O. The van der Waals surface area contributed by atoms with Gasteiger partial charge in [0.2, 0.25) is 0 Å². The zero-order valence-corrected chi connectivity index (χ0v) is 18.2. The highest BCUT2D eigenvalue weighted by Gasteiger charge is 2.26. The van der Waals surface area contributed by atoms with Crippen LogP contribution in [0.4, 0.5) is 4.39 Å². The number of nitrogens with one attached hydrogen (secondary N) is 1. The molecule has 4 nitrogen and oxygen atoms in total. The molecule has 1 aliphatic heterocycles. The van der Waals surface area contributed by atoms with Crippen LogP contribution in [0.2, 0.25) is 5.02 Å². The maximum Gasteiger partial charge on any atom is 0.131 e. The summed E-state index contributed by atoms with van der Waals surface area (Å²) in [5.41, 5.74) is 5.66. The molecule has 1 fully saturated rings. The Balaban J connectivity index is 1.49. The molecule has 6 heteroatoms. The average Bonchev–Trinajstić information content (AvgIpc) is 3.36. The van der Waals surface area contributed by atoms with E-state index in [1.807, 2.05) is 73.1 Å². The number of halogens is 2. The van der Waals surface area contributed by atoms with Gasteiger partial charge < -0.3 is 4.74 Å². The summed E-state index contributed by atoms with van der Waals surface area (Å²) in [5.74, 6) is -0.235. The zero-order chi connectivity index (χ0) is 21.9. The number of benzene rings is 3. The van der Waals surface area contributed by atoms with Gasteiger partial charge in [-0.2, -0.15) is 5.10 Å². The standard InChI is InChI=1S/C26H23ClFN3O/c27-23-8-5-19(6-9-23)18-1-3-20(4-2-18)24-15-21(7-10-25(24)28)26(22-16-29-30-17-22)31-11-13-32-14-12-31/h1-10,15-17,26H,11-14H2,(H,29,30). The van der Waals surface area contributed by atoms with Crippen molar-refractivity contribution in [3.8, 4) is 22.3 Å². The molecule has 0 saturated carbocycles. The van der Waals surface area contributed by atoms with E-state index in [2.05, 4.69) is 15.1 Å². The van der Waals surface area contributed by atoms with Gasteiger partial charge in [0.15, 0.2) is 0 Å². The number of aromatic amines is 1. The number of hydrogen-bond acceptors (Lipinski definition) is 3. The first-order valence-electron chi connectivity index (χ1n) is 10.7. The van der Waals surface area contributed by atoms with Crippen molar-refractivity contribution in [3.05, 3.63) is 101 Å². The van der Waals surface area contributed by atoms with E-state index in [0.29, 0.717) is 23.8 Å². The highest BCUT2D eigenvalue weighted by Crippen LogP contribution is 2.34. The van der Waals surface area contributed by atoms with E-state index in [-0.39, 0.29) is 11.9 Å². The van der Waals surface area contributed by atoms with Gasteiger partial charge in [0, 0.05) is 35.4 Å². The minimum Gasteiger partial charge on any atom is -0.379 e. The van der Waals surface area contributed by atoms with Crippen molar-refractivity contribution in [2.24, 2.45) is 0 Å². The average molecular weight is 448 g/mol. The van der Waals surface area contributed by atoms with E-state index in [4.69, 9.17) is 16.3 Å². The van der Waals surface area contributed by atoms with Crippen molar-refractivity contribution >= 4 is 11.6 Å². The van der Waals surface area contributed by atoms with Crippen molar-refractivity contribution in [1.29, 1.82) is 0 Å². The van der Waals surface area contributed by atoms with Crippen molar-refractivity contribution in [2.45, 2.75) is 6.04 Å². The van der Waals surface area contributed by atoms with Crippen LogP contribution in [0.25, 0.3) is 22.3 Å².